The van der Waals surface area contributed by atoms with Crippen molar-refractivity contribution in [3.05, 3.63) is 103 Å². The van der Waals surface area contributed by atoms with Crippen molar-refractivity contribution in [2.24, 2.45) is 210 Å². The Morgan fingerprint density at radius 2 is 0.558 bits per heavy atom. The summed E-state index contributed by atoms with van der Waals surface area (Å²) in [5, 5.41) is 113. The molecule has 0 spiro atoms. The number of nitrogens with zero attached hydrogens (tertiary/aromatic N) is 38. The van der Waals surface area contributed by atoms with Gasteiger partial charge in [-0.2, -0.15) is 0 Å². The average Bonchev–Trinajstić information content (AvgIpc) is 3.01. The molecule has 0 fully saturated rings. The maximum atomic E-state index is 11.3. The number of rotatable bonds is 37. The van der Waals surface area contributed by atoms with Crippen LogP contribution in [0.15, 0.2) is 296 Å². The van der Waals surface area contributed by atoms with Gasteiger partial charge in [0, 0.05) is 140 Å². The summed E-state index contributed by atoms with van der Waals surface area (Å²) in [5.74, 6) is 9.55. The van der Waals surface area contributed by atoms with Crippen molar-refractivity contribution in [2.75, 3.05) is 33.5 Å². The fraction of sp³-hybridized carbons (Fsp3) is 0.400. The molecule has 0 saturated carbocycles. The van der Waals surface area contributed by atoms with Crippen LogP contribution in [0.25, 0.3) is 22.3 Å². The molecule has 0 aliphatic heterocycles. The molecule has 0 bridgehead atoms. The lowest BCUT2D eigenvalue weighted by molar-refractivity contribution is -0.139. The van der Waals surface area contributed by atoms with Gasteiger partial charge >= 0.3 is 11.9 Å². The second-order valence-electron chi connectivity index (χ2n) is 14.9. The number of carbonyl (C=O) groups excluding carboxylic acids is 2. The van der Waals surface area contributed by atoms with Crippen LogP contribution in [0.5, 0.6) is 5.75 Å². The molecule has 0 unspecified atom stereocenters. The summed E-state index contributed by atoms with van der Waals surface area (Å²) in [6, 6.07) is 25.6. The van der Waals surface area contributed by atoms with Crippen molar-refractivity contribution in [3.63, 3.8) is 0 Å². The summed E-state index contributed by atoms with van der Waals surface area (Å²) < 4.78 is 20.8. The largest absolute Gasteiger partial charge is 0.494 e. The van der Waals surface area contributed by atoms with Crippen LogP contribution in [0.4, 0.5) is 0 Å². The van der Waals surface area contributed by atoms with E-state index < -0.39 is 0 Å². The number of hydrogen-bond acceptors (Lipinski definition) is 8. The SMILES string of the molecule is C=C(C)C(=O)OCCCCCCCOc1ccc(-c2ccc(-c3ccc(C)cc3)cc2)cc1.C=C(C)C(=O)OCCCCCOC.N/N=N/N=N/N=N/N=N/N=N/N=N/N=N/N=N/N=N/N=N/N=N/N=N/N=N/N=N/N=N/N=N/N=N/N=N/N=N/N. The molecule has 0 saturated heterocycles. The van der Waals surface area contributed by atoms with Gasteiger partial charge in [0.15, 0.2) is 0 Å². The van der Waals surface area contributed by atoms with Crippen molar-refractivity contribution in [1.82, 2.24) is 0 Å². The number of unbranched alkanes of at least 4 members (excludes halogenated alkanes) is 6. The molecule has 46 nitrogen and oxygen atoms in total. The predicted octanol–water partition coefficient (Wildman–Crippen LogP) is 15.5. The summed E-state index contributed by atoms with van der Waals surface area (Å²) in [6.07, 6.45) is 8.13. The van der Waals surface area contributed by atoms with Crippen molar-refractivity contribution < 1.29 is 28.5 Å². The molecular formula is C40H56N40O6. The highest BCUT2D eigenvalue weighted by Gasteiger charge is 2.04. The Hall–Kier alpha value is -12.2. The Morgan fingerprint density at radius 3 is 0.826 bits per heavy atom. The van der Waals surface area contributed by atoms with Gasteiger partial charge in [-0.05, 0) is 160 Å². The van der Waals surface area contributed by atoms with Crippen LogP contribution in [0.1, 0.15) is 70.8 Å². The van der Waals surface area contributed by atoms with Gasteiger partial charge in [0.1, 0.15) is 5.75 Å². The first-order valence-corrected chi connectivity index (χ1v) is 24.2. The van der Waals surface area contributed by atoms with E-state index in [1.807, 2.05) is 12.1 Å². The van der Waals surface area contributed by atoms with Gasteiger partial charge in [0.2, 0.25) is 0 Å². The van der Waals surface area contributed by atoms with Gasteiger partial charge in [0.05, 0.1) is 19.8 Å². The molecule has 0 aliphatic rings. The van der Waals surface area contributed by atoms with Gasteiger partial charge in [-0.25, -0.2) is 9.59 Å². The highest BCUT2D eigenvalue weighted by atomic mass is 16.5. The first kappa shape index (κ1) is 71.9. The van der Waals surface area contributed by atoms with E-state index in [9.17, 15) is 9.59 Å². The monoisotopic (exact) mass is 1190 g/mol. The summed E-state index contributed by atoms with van der Waals surface area (Å²) in [6.45, 7) is 14.9. The average molecular weight is 1190 g/mol. The maximum absolute atomic E-state index is 11.3. The Balaban J connectivity index is 0.000000719. The van der Waals surface area contributed by atoms with Gasteiger partial charge in [-0.3, -0.25) is 0 Å². The number of esters is 2. The lowest BCUT2D eigenvalue weighted by Crippen LogP contribution is -2.06. The fourth-order valence-corrected chi connectivity index (χ4v) is 5.02. The molecule has 0 aliphatic carbocycles. The highest BCUT2D eigenvalue weighted by Crippen LogP contribution is 2.27. The normalized spacial score (nSPS) is 12.7. The number of methoxy groups -OCH3 is 1. The molecule has 0 atom stereocenters. The minimum absolute atomic E-state index is 0.298. The topological polar surface area (TPSA) is 593 Å². The zero-order chi connectivity index (χ0) is 62.4. The third kappa shape index (κ3) is 43.7. The van der Waals surface area contributed by atoms with Crippen LogP contribution < -0.4 is 16.4 Å². The van der Waals surface area contributed by atoms with E-state index in [1.54, 1.807) is 21.0 Å². The minimum atomic E-state index is -0.299. The van der Waals surface area contributed by atoms with E-state index in [2.05, 4.69) is 291 Å². The van der Waals surface area contributed by atoms with E-state index in [1.165, 1.54) is 27.8 Å². The van der Waals surface area contributed by atoms with Crippen molar-refractivity contribution >= 4 is 11.9 Å². The van der Waals surface area contributed by atoms with E-state index in [0.29, 0.717) is 24.4 Å². The molecule has 4 N–H and O–H groups in total. The van der Waals surface area contributed by atoms with Gasteiger partial charge in [-0.15, -0.1) is 0 Å². The van der Waals surface area contributed by atoms with Crippen LogP contribution in [0.3, 0.4) is 0 Å². The zero-order valence-electron chi connectivity index (χ0n) is 46.4. The van der Waals surface area contributed by atoms with Crippen LogP contribution in [0, 0.1) is 6.92 Å². The van der Waals surface area contributed by atoms with Gasteiger partial charge in [-0.1, -0.05) is 109 Å². The maximum Gasteiger partial charge on any atom is 0.333 e. The molecule has 46 heteroatoms. The molecule has 0 amide bonds. The molecular weight excluding hydrogens is 1140 g/mol. The molecule has 0 aromatic heterocycles. The first-order valence-electron chi connectivity index (χ1n) is 24.2. The summed E-state index contributed by atoms with van der Waals surface area (Å²) >= 11 is 0. The molecule has 0 heterocycles. The number of nitrogens with two attached hydrogens (primary N) is 2. The molecule has 3 aromatic carbocycles. The smallest absolute Gasteiger partial charge is 0.333 e. The van der Waals surface area contributed by atoms with Crippen molar-refractivity contribution in [1.29, 1.82) is 0 Å². The molecule has 86 heavy (non-hydrogen) atoms. The number of carbonyl (C=O) groups is 2. The first-order chi connectivity index (χ1) is 42.1. The Kier molecular flexibility index (Phi) is 44.7. The number of benzene rings is 3. The van der Waals surface area contributed by atoms with Gasteiger partial charge in [0.25, 0.3) is 0 Å². The van der Waals surface area contributed by atoms with Crippen LogP contribution in [-0.4, -0.2) is 45.5 Å². The van der Waals surface area contributed by atoms with E-state index in [4.69, 9.17) is 18.9 Å². The van der Waals surface area contributed by atoms with Crippen LogP contribution >= 0.6 is 0 Å². The van der Waals surface area contributed by atoms with Crippen molar-refractivity contribution in [2.45, 2.75) is 72.1 Å². The Morgan fingerprint density at radius 1 is 0.337 bits per heavy atom. The van der Waals surface area contributed by atoms with E-state index in [-0.39, 0.29) is 11.9 Å². The van der Waals surface area contributed by atoms with Crippen LogP contribution in [0.2, 0.25) is 0 Å². The van der Waals surface area contributed by atoms with E-state index in [0.717, 1.165) is 70.3 Å². The fourth-order valence-electron chi connectivity index (χ4n) is 5.02. The summed E-state index contributed by atoms with van der Waals surface area (Å²) in [5.41, 5.74) is 7.04. The Labute approximate surface area is 486 Å². The minimum Gasteiger partial charge on any atom is -0.494 e. The highest BCUT2D eigenvalue weighted by molar-refractivity contribution is 5.87. The second-order valence-corrected chi connectivity index (χ2v) is 14.9. The molecule has 3 rings (SSSR count). The second kappa shape index (κ2) is 53.5. The lowest BCUT2D eigenvalue weighted by atomic mass is 10.00. The standard InChI is InChI=1S/C30H34O3.C10H18O3.H4N40/c1-23(2)30(31)33-22-8-6-4-5-7-21-32-29-19-17-28(18-20-29)27-15-13-26(14-16-27)25-11-9-24(3)10-12-25;1-9(2)10(11)13-8-6-4-5-7-12-3;1-3-5-7-9-11-13-15-17-19-21-23-25-27-29-31-33-35-37-39-40-38-36-34-32-30-28-26-24-22-20-18-16-14-12-10-8-6-4-2/h9-20H,1,4-8,21-22H2,2-3H3;1,4-8H2,2-3H3;(H2,1,4,5,8,9,12,13,16,17,20,21,24,25,28,29,32,33,36,37,40)(H2,2,3,6,7,10,11,14,15,18,19,22,23,26,27,30,31,34,35,38,39). The molecule has 3 aromatic rings. The van der Waals surface area contributed by atoms with Crippen LogP contribution in [-0.2, 0) is 23.8 Å². The third-order valence-electron chi connectivity index (χ3n) is 8.67. The summed E-state index contributed by atoms with van der Waals surface area (Å²) in [7, 11) is 1.68. The summed E-state index contributed by atoms with van der Waals surface area (Å²) in [4.78, 5) is 22.2. The van der Waals surface area contributed by atoms with Crippen molar-refractivity contribution in [3.8, 4) is 28.0 Å². The van der Waals surface area contributed by atoms with Gasteiger partial charge < -0.3 is 30.6 Å². The molecule has 0 radical (unpaired) electrons. The number of aryl methyl sites for hydroxylation is 1. The number of hydrogen-bond donors (Lipinski definition) is 2. The third-order valence-corrected chi connectivity index (χ3v) is 8.67. The lowest BCUT2D eigenvalue weighted by Gasteiger charge is -2.09. The predicted molar refractivity (Wildman–Crippen MR) is 289 cm³/mol. The zero-order valence-corrected chi connectivity index (χ0v) is 46.4. The number of ether oxygens (including phenoxy) is 4. The quantitative estimate of drug-likeness (QED) is 0.0139. The molecule has 452 valence electrons. The Bertz CT molecular complexity index is 2890. The van der Waals surface area contributed by atoms with E-state index >= 15 is 0 Å².